The quantitative estimate of drug-likeness (QED) is 0.638. The number of carbonyl (C=O) groups is 1. The van der Waals surface area contributed by atoms with Crippen LogP contribution in [0, 0.1) is 5.92 Å². The number of rotatable bonds is 6. The molecule has 0 saturated carbocycles. The van der Waals surface area contributed by atoms with Gasteiger partial charge in [0, 0.05) is 37.2 Å². The summed E-state index contributed by atoms with van der Waals surface area (Å²) in [5.41, 5.74) is 3.21. The minimum atomic E-state index is 0.115. The van der Waals surface area contributed by atoms with Crippen molar-refractivity contribution in [2.75, 3.05) is 13.1 Å². The Morgan fingerprint density at radius 2 is 1.66 bits per heavy atom. The molecule has 5 heteroatoms. The maximum Gasteiger partial charge on any atom is 0.253 e. The van der Waals surface area contributed by atoms with Crippen LogP contribution in [-0.4, -0.2) is 33.9 Å². The predicted octanol–water partition coefficient (Wildman–Crippen LogP) is 4.15. The molecule has 1 fully saturated rings. The summed E-state index contributed by atoms with van der Waals surface area (Å²) in [6, 6.07) is 16.0. The second-order valence-electron chi connectivity index (χ2n) is 7.47. The standard InChI is InChI=1S/C24H25N3O2/c28-24(22-7-12-25-13-8-22)27-14-9-20(10-15-27)16-19-3-5-21(6-4-19)18-29-23-2-1-11-26-17-23/h1-8,11-13,17,20H,9-10,14-16,18H2. The number of hydrogen-bond acceptors (Lipinski definition) is 4. The van der Waals surface area contributed by atoms with E-state index in [1.54, 1.807) is 36.9 Å². The highest BCUT2D eigenvalue weighted by Gasteiger charge is 2.23. The van der Waals surface area contributed by atoms with Crippen molar-refractivity contribution in [1.82, 2.24) is 14.9 Å². The van der Waals surface area contributed by atoms with E-state index in [-0.39, 0.29) is 5.91 Å². The van der Waals surface area contributed by atoms with E-state index >= 15 is 0 Å². The third-order valence-corrected chi connectivity index (χ3v) is 5.42. The zero-order valence-corrected chi connectivity index (χ0v) is 16.4. The second-order valence-corrected chi connectivity index (χ2v) is 7.47. The van der Waals surface area contributed by atoms with Gasteiger partial charge in [0.1, 0.15) is 12.4 Å². The van der Waals surface area contributed by atoms with Gasteiger partial charge in [-0.15, -0.1) is 0 Å². The molecule has 0 bridgehead atoms. The van der Waals surface area contributed by atoms with E-state index in [9.17, 15) is 4.79 Å². The molecule has 148 valence electrons. The monoisotopic (exact) mass is 387 g/mol. The van der Waals surface area contributed by atoms with Crippen LogP contribution in [-0.2, 0) is 13.0 Å². The number of likely N-dealkylation sites (tertiary alicyclic amines) is 1. The largest absolute Gasteiger partial charge is 0.487 e. The fourth-order valence-corrected chi connectivity index (χ4v) is 3.72. The van der Waals surface area contributed by atoms with Crippen LogP contribution in [0.4, 0.5) is 0 Å². The number of pyridine rings is 2. The van der Waals surface area contributed by atoms with E-state index in [4.69, 9.17) is 4.74 Å². The van der Waals surface area contributed by atoms with Crippen molar-refractivity contribution in [3.8, 4) is 5.75 Å². The number of ether oxygens (including phenoxy) is 1. The predicted molar refractivity (Wildman–Crippen MR) is 112 cm³/mol. The lowest BCUT2D eigenvalue weighted by molar-refractivity contribution is 0.0690. The number of amides is 1. The Hall–Kier alpha value is -3.21. The van der Waals surface area contributed by atoms with Crippen LogP contribution in [0.25, 0.3) is 0 Å². The Labute approximate surface area is 171 Å². The van der Waals surface area contributed by atoms with Crippen molar-refractivity contribution in [2.45, 2.75) is 25.9 Å². The Kier molecular flexibility index (Phi) is 6.15. The number of piperidine rings is 1. The molecule has 0 N–H and O–H groups in total. The Morgan fingerprint density at radius 1 is 0.931 bits per heavy atom. The van der Waals surface area contributed by atoms with Gasteiger partial charge in [0.05, 0.1) is 6.20 Å². The van der Waals surface area contributed by atoms with Crippen LogP contribution in [0.3, 0.4) is 0 Å². The Morgan fingerprint density at radius 3 is 2.34 bits per heavy atom. The second kappa shape index (κ2) is 9.32. The lowest BCUT2D eigenvalue weighted by atomic mass is 9.89. The van der Waals surface area contributed by atoms with E-state index < -0.39 is 0 Å². The molecule has 2 aromatic heterocycles. The first-order valence-corrected chi connectivity index (χ1v) is 10.1. The Bertz CT molecular complexity index is 906. The summed E-state index contributed by atoms with van der Waals surface area (Å²) in [4.78, 5) is 22.6. The van der Waals surface area contributed by atoms with Crippen molar-refractivity contribution in [2.24, 2.45) is 5.92 Å². The van der Waals surface area contributed by atoms with Gasteiger partial charge in [-0.05, 0) is 60.6 Å². The minimum absolute atomic E-state index is 0.115. The van der Waals surface area contributed by atoms with E-state index in [0.717, 1.165) is 49.2 Å². The molecule has 1 saturated heterocycles. The van der Waals surface area contributed by atoms with Gasteiger partial charge in [-0.1, -0.05) is 24.3 Å². The zero-order chi connectivity index (χ0) is 19.9. The number of benzene rings is 1. The summed E-state index contributed by atoms with van der Waals surface area (Å²) in [7, 11) is 0. The van der Waals surface area contributed by atoms with Crippen molar-refractivity contribution in [1.29, 1.82) is 0 Å². The Balaban J connectivity index is 1.24. The molecular formula is C24H25N3O2. The topological polar surface area (TPSA) is 55.3 Å². The molecule has 5 nitrogen and oxygen atoms in total. The van der Waals surface area contributed by atoms with E-state index in [1.807, 2.05) is 17.0 Å². The van der Waals surface area contributed by atoms with Crippen molar-refractivity contribution in [3.05, 3.63) is 90.0 Å². The van der Waals surface area contributed by atoms with Crippen molar-refractivity contribution < 1.29 is 9.53 Å². The molecular weight excluding hydrogens is 362 g/mol. The summed E-state index contributed by atoms with van der Waals surface area (Å²) in [5, 5.41) is 0. The number of nitrogens with zero attached hydrogens (tertiary/aromatic N) is 3. The van der Waals surface area contributed by atoms with Gasteiger partial charge in [0.15, 0.2) is 0 Å². The fourth-order valence-electron chi connectivity index (χ4n) is 3.72. The highest BCUT2D eigenvalue weighted by molar-refractivity contribution is 5.94. The number of hydrogen-bond donors (Lipinski definition) is 0. The number of aromatic nitrogens is 2. The SMILES string of the molecule is O=C(c1ccncc1)N1CCC(Cc2ccc(COc3cccnc3)cc2)CC1. The number of carbonyl (C=O) groups excluding carboxylic acids is 1. The van der Waals surface area contributed by atoms with Crippen LogP contribution in [0.15, 0.2) is 73.3 Å². The van der Waals surface area contributed by atoms with Gasteiger partial charge in [0.2, 0.25) is 0 Å². The molecule has 3 heterocycles. The summed E-state index contributed by atoms with van der Waals surface area (Å²) in [6.07, 6.45) is 9.95. The highest BCUT2D eigenvalue weighted by atomic mass is 16.5. The van der Waals surface area contributed by atoms with E-state index in [0.29, 0.717) is 12.5 Å². The molecule has 1 aliphatic rings. The molecule has 0 radical (unpaired) electrons. The first kappa shape index (κ1) is 19.1. The average molecular weight is 387 g/mol. The van der Waals surface area contributed by atoms with Crippen LogP contribution in [0.5, 0.6) is 5.75 Å². The average Bonchev–Trinajstić information content (AvgIpc) is 2.80. The maximum absolute atomic E-state index is 12.5. The third-order valence-electron chi connectivity index (χ3n) is 5.42. The molecule has 0 aliphatic carbocycles. The molecule has 1 aliphatic heterocycles. The van der Waals surface area contributed by atoms with E-state index in [2.05, 4.69) is 34.2 Å². The summed E-state index contributed by atoms with van der Waals surface area (Å²) >= 11 is 0. The molecule has 4 rings (SSSR count). The lowest BCUT2D eigenvalue weighted by Crippen LogP contribution is -2.38. The van der Waals surface area contributed by atoms with Gasteiger partial charge < -0.3 is 9.64 Å². The normalized spacial score (nSPS) is 14.6. The maximum atomic E-state index is 12.5. The van der Waals surface area contributed by atoms with Gasteiger partial charge in [0.25, 0.3) is 5.91 Å². The molecule has 29 heavy (non-hydrogen) atoms. The first-order valence-electron chi connectivity index (χ1n) is 10.1. The minimum Gasteiger partial charge on any atom is -0.487 e. The molecule has 1 amide bonds. The first-order chi connectivity index (χ1) is 14.3. The van der Waals surface area contributed by atoms with Gasteiger partial charge in [-0.3, -0.25) is 14.8 Å². The fraction of sp³-hybridized carbons (Fsp3) is 0.292. The molecule has 0 spiro atoms. The molecule has 3 aromatic rings. The van der Waals surface area contributed by atoms with Gasteiger partial charge >= 0.3 is 0 Å². The van der Waals surface area contributed by atoms with Crippen LogP contribution < -0.4 is 4.74 Å². The van der Waals surface area contributed by atoms with Gasteiger partial charge in [-0.25, -0.2) is 0 Å². The van der Waals surface area contributed by atoms with Gasteiger partial charge in [-0.2, -0.15) is 0 Å². The van der Waals surface area contributed by atoms with Crippen LogP contribution in [0.2, 0.25) is 0 Å². The van der Waals surface area contributed by atoms with Crippen LogP contribution in [0.1, 0.15) is 34.3 Å². The van der Waals surface area contributed by atoms with Crippen molar-refractivity contribution >= 4 is 5.91 Å². The summed E-state index contributed by atoms with van der Waals surface area (Å²) in [6.45, 7) is 2.19. The van der Waals surface area contributed by atoms with Crippen molar-refractivity contribution in [3.63, 3.8) is 0 Å². The molecule has 0 atom stereocenters. The third kappa shape index (κ3) is 5.19. The summed E-state index contributed by atoms with van der Waals surface area (Å²) in [5.74, 6) is 1.52. The molecule has 0 unspecified atom stereocenters. The zero-order valence-electron chi connectivity index (χ0n) is 16.4. The summed E-state index contributed by atoms with van der Waals surface area (Å²) < 4.78 is 5.75. The highest BCUT2D eigenvalue weighted by Crippen LogP contribution is 2.23. The lowest BCUT2D eigenvalue weighted by Gasteiger charge is -2.32. The molecule has 1 aromatic carbocycles. The smallest absolute Gasteiger partial charge is 0.253 e. The van der Waals surface area contributed by atoms with Crippen LogP contribution >= 0.6 is 0 Å². The van der Waals surface area contributed by atoms with E-state index in [1.165, 1.54) is 5.56 Å².